The zero-order valence-corrected chi connectivity index (χ0v) is 14.6. The Hall–Kier alpha value is 0.440. The number of aromatic nitrogens is 1. The van der Waals surface area contributed by atoms with Crippen LogP contribution in [-0.2, 0) is 26.2 Å². The fourth-order valence-corrected chi connectivity index (χ4v) is 0.581. The first-order valence-electron chi connectivity index (χ1n) is 4.37. The number of allylic oxidation sites excluding steroid dienone is 4. The second kappa shape index (κ2) is 24.6. The summed E-state index contributed by atoms with van der Waals surface area (Å²) < 4.78 is 0. The van der Waals surface area contributed by atoms with Gasteiger partial charge in [0.2, 0.25) is 0 Å². The zero-order valence-electron chi connectivity index (χ0n) is 9.50. The van der Waals surface area contributed by atoms with Crippen molar-refractivity contribution in [3.63, 3.8) is 0 Å². The van der Waals surface area contributed by atoms with E-state index in [0.29, 0.717) is 0 Å². The Morgan fingerprint density at radius 1 is 1.25 bits per heavy atom. The number of rotatable bonds is 0. The Bertz CT molecular complexity index is 199. The van der Waals surface area contributed by atoms with Crippen molar-refractivity contribution in [2.75, 3.05) is 0 Å². The fraction of sp³-hybridized carbons (Fsp3) is 0.273. The summed E-state index contributed by atoms with van der Waals surface area (Å²) in [4.78, 5) is 2.74. The van der Waals surface area contributed by atoms with Gasteiger partial charge >= 0.3 is 26.2 Å². The monoisotopic (exact) mass is 350 g/mol. The van der Waals surface area contributed by atoms with Crippen molar-refractivity contribution in [3.05, 3.63) is 48.8 Å². The van der Waals surface area contributed by atoms with Crippen molar-refractivity contribution in [2.24, 2.45) is 0 Å². The molecule has 0 spiro atoms. The van der Waals surface area contributed by atoms with E-state index < -0.39 is 0 Å². The molecule has 1 radical (unpaired) electrons. The summed E-state index contributed by atoms with van der Waals surface area (Å²) in [7, 11) is 0.750. The first-order chi connectivity index (χ1) is 6.41. The van der Waals surface area contributed by atoms with Crippen LogP contribution in [0.4, 0.5) is 0 Å². The predicted molar refractivity (Wildman–Crippen MR) is 60.1 cm³/mol. The van der Waals surface area contributed by atoms with Crippen molar-refractivity contribution >= 4 is 9.52 Å². The topological polar surface area (TPSA) is 15.8 Å². The predicted octanol–water partition coefficient (Wildman–Crippen LogP) is -3.35. The van der Waals surface area contributed by atoms with Crippen LogP contribution in [0, 0.1) is 12.3 Å². The minimum Gasteiger partial charge on any atom is -1.00 e. The minimum atomic E-state index is 0. The molecule has 1 aliphatic carbocycles. The van der Waals surface area contributed by atoms with Gasteiger partial charge in [-0.1, -0.05) is 13.1 Å². The standard InChI is InChI=1S/C5H5.C4H4N.C2H7Si.2ClH.Zr/c2*1-2-4-5-3-1;1-3-2;;;/h1-3H,4H2;1-3,5H;3H,1-2H3;2*1H;/q2*-1;;;;+4/p-2. The molecular formula is C11H16Cl2NSiZr. The summed E-state index contributed by atoms with van der Waals surface area (Å²) in [6.07, 6.45) is 14.6. The molecule has 0 atom stereocenters. The van der Waals surface area contributed by atoms with Crippen LogP contribution in [0.15, 0.2) is 36.6 Å². The molecule has 0 bridgehead atoms. The average Bonchev–Trinajstić information content (AvgIpc) is 2.85. The summed E-state index contributed by atoms with van der Waals surface area (Å²) in [6.45, 7) is 4.42. The van der Waals surface area contributed by atoms with Gasteiger partial charge in [0.25, 0.3) is 0 Å². The van der Waals surface area contributed by atoms with Crippen molar-refractivity contribution in [3.8, 4) is 0 Å². The van der Waals surface area contributed by atoms with E-state index in [9.17, 15) is 0 Å². The van der Waals surface area contributed by atoms with Crippen molar-refractivity contribution in [1.82, 2.24) is 4.98 Å². The molecule has 1 aliphatic rings. The first kappa shape index (κ1) is 25.3. The normalized spacial score (nSPS) is 9.12. The summed E-state index contributed by atoms with van der Waals surface area (Å²) in [5, 5.41) is 0. The van der Waals surface area contributed by atoms with E-state index in [4.69, 9.17) is 0 Å². The van der Waals surface area contributed by atoms with Crippen LogP contribution >= 0.6 is 0 Å². The molecule has 16 heavy (non-hydrogen) atoms. The largest absolute Gasteiger partial charge is 4.00 e. The van der Waals surface area contributed by atoms with Gasteiger partial charge in [0, 0.05) is 9.52 Å². The second-order valence-electron chi connectivity index (χ2n) is 2.39. The van der Waals surface area contributed by atoms with Gasteiger partial charge in [-0.15, -0.1) is 12.6 Å². The van der Waals surface area contributed by atoms with E-state index >= 15 is 0 Å². The van der Waals surface area contributed by atoms with Crippen LogP contribution in [0.1, 0.15) is 6.42 Å². The Morgan fingerprint density at radius 3 is 2.00 bits per heavy atom. The molecule has 87 valence electrons. The zero-order chi connectivity index (χ0) is 9.78. The second-order valence-corrected chi connectivity index (χ2v) is 3.55. The van der Waals surface area contributed by atoms with Crippen molar-refractivity contribution in [2.45, 2.75) is 19.5 Å². The van der Waals surface area contributed by atoms with Gasteiger partial charge in [-0.2, -0.15) is 24.4 Å². The molecule has 0 fully saturated rings. The molecule has 0 saturated heterocycles. The Kier molecular flexibility index (Phi) is 38.9. The van der Waals surface area contributed by atoms with E-state index in [1.165, 1.54) is 0 Å². The molecule has 0 aromatic carbocycles. The third-order valence-corrected chi connectivity index (χ3v) is 1.03. The quantitative estimate of drug-likeness (QED) is 0.371. The van der Waals surface area contributed by atoms with Gasteiger partial charge in [-0.05, 0) is 0 Å². The summed E-state index contributed by atoms with van der Waals surface area (Å²) in [6, 6.07) is 3.71. The Labute approximate surface area is 133 Å². The van der Waals surface area contributed by atoms with Gasteiger partial charge in [-0.3, -0.25) is 6.08 Å². The van der Waals surface area contributed by atoms with Crippen molar-refractivity contribution in [1.29, 1.82) is 0 Å². The molecule has 5 heteroatoms. The molecule has 2 rings (SSSR count). The summed E-state index contributed by atoms with van der Waals surface area (Å²) in [5.74, 6) is 0. The first-order valence-corrected chi connectivity index (χ1v) is 6.68. The van der Waals surface area contributed by atoms with Crippen LogP contribution < -0.4 is 24.8 Å². The third-order valence-electron chi connectivity index (χ3n) is 1.03. The van der Waals surface area contributed by atoms with Gasteiger partial charge < -0.3 is 29.8 Å². The molecule has 1 aromatic heterocycles. The van der Waals surface area contributed by atoms with Gasteiger partial charge in [0.15, 0.2) is 0 Å². The SMILES string of the molecule is C[SiH]C.[C-]1=CC=CC1.[Cl-].[Cl-].[Zr+4].[c-]1ccc[nH]1. The minimum absolute atomic E-state index is 0. The number of hydrogen-bond donors (Lipinski definition) is 1. The van der Waals surface area contributed by atoms with Gasteiger partial charge in [-0.25, -0.2) is 12.2 Å². The molecule has 1 heterocycles. The molecule has 1 N–H and O–H groups in total. The van der Waals surface area contributed by atoms with Crippen LogP contribution in [0.3, 0.4) is 0 Å². The van der Waals surface area contributed by atoms with Crippen LogP contribution in [-0.4, -0.2) is 14.5 Å². The number of nitrogens with one attached hydrogen (secondary N) is 1. The maximum absolute atomic E-state index is 2.99. The van der Waals surface area contributed by atoms with E-state index in [0.717, 1.165) is 15.9 Å². The number of aromatic amines is 1. The number of hydrogen-bond acceptors (Lipinski definition) is 0. The number of H-pyrrole nitrogens is 1. The van der Waals surface area contributed by atoms with E-state index in [1.807, 2.05) is 30.5 Å². The van der Waals surface area contributed by atoms with Crippen LogP contribution in [0.25, 0.3) is 0 Å². The van der Waals surface area contributed by atoms with Gasteiger partial charge in [0.1, 0.15) is 0 Å². The van der Waals surface area contributed by atoms with E-state index in [-0.39, 0.29) is 51.0 Å². The molecule has 0 aliphatic heterocycles. The average molecular weight is 352 g/mol. The molecule has 1 nitrogen and oxygen atoms in total. The molecular weight excluding hydrogens is 336 g/mol. The molecule has 0 saturated carbocycles. The van der Waals surface area contributed by atoms with Gasteiger partial charge in [0.05, 0.1) is 0 Å². The molecule has 0 unspecified atom stereocenters. The summed E-state index contributed by atoms with van der Waals surface area (Å²) in [5.41, 5.74) is 0. The third kappa shape index (κ3) is 23.9. The maximum Gasteiger partial charge on any atom is 4.00 e. The molecule has 1 aromatic rings. The van der Waals surface area contributed by atoms with E-state index in [2.05, 4.69) is 36.4 Å². The fourth-order valence-electron chi connectivity index (χ4n) is 0.581. The van der Waals surface area contributed by atoms with Crippen molar-refractivity contribution < 1.29 is 51.0 Å². The Morgan fingerprint density at radius 2 is 1.88 bits per heavy atom. The molecule has 0 amide bonds. The maximum atomic E-state index is 2.99. The van der Waals surface area contributed by atoms with E-state index in [1.54, 1.807) is 0 Å². The summed E-state index contributed by atoms with van der Waals surface area (Å²) >= 11 is 0. The van der Waals surface area contributed by atoms with Crippen LogP contribution in [0.5, 0.6) is 0 Å². The number of halogens is 2. The van der Waals surface area contributed by atoms with Crippen LogP contribution in [0.2, 0.25) is 13.1 Å². The smallest absolute Gasteiger partial charge is 1.00 e. The Balaban J connectivity index is -0.0000000638.